The van der Waals surface area contributed by atoms with Gasteiger partial charge in [-0.25, -0.2) is 0 Å². The number of hydrogen-bond donors (Lipinski definition) is 1. The zero-order valence-corrected chi connectivity index (χ0v) is 13.4. The van der Waals surface area contributed by atoms with Crippen LogP contribution in [0.25, 0.3) is 0 Å². The van der Waals surface area contributed by atoms with Crippen LogP contribution in [-0.2, 0) is 0 Å². The summed E-state index contributed by atoms with van der Waals surface area (Å²) in [5.74, 6) is 0.800. The number of ether oxygens (including phenoxy) is 1. The molecule has 0 spiro atoms. The Morgan fingerprint density at radius 1 is 1.56 bits per heavy atom. The Morgan fingerprint density at radius 3 is 2.89 bits per heavy atom. The van der Waals surface area contributed by atoms with Gasteiger partial charge >= 0.3 is 0 Å². The fourth-order valence-corrected chi connectivity index (χ4v) is 2.04. The third kappa shape index (κ3) is 4.81. The van der Waals surface area contributed by atoms with Crippen LogP contribution in [0.5, 0.6) is 5.75 Å². The molecule has 1 atom stereocenters. The van der Waals surface area contributed by atoms with Gasteiger partial charge in [0.2, 0.25) is 0 Å². The van der Waals surface area contributed by atoms with E-state index in [1.54, 1.807) is 0 Å². The summed E-state index contributed by atoms with van der Waals surface area (Å²) in [7, 11) is 0. The number of benzene rings is 1. The largest absolute Gasteiger partial charge is 0.488 e. The Labute approximate surface area is 126 Å². The average Bonchev–Trinajstić information content (AvgIpc) is 2.36. The maximum absolute atomic E-state index is 5.82. The van der Waals surface area contributed by atoms with Crippen molar-refractivity contribution in [2.75, 3.05) is 13.2 Å². The van der Waals surface area contributed by atoms with Gasteiger partial charge in [-0.1, -0.05) is 52.1 Å². The predicted molar refractivity (Wildman–Crippen MR) is 81.5 cm³/mol. The molecule has 0 bridgehead atoms. The highest BCUT2D eigenvalue weighted by atomic mass is 79.9. The highest BCUT2D eigenvalue weighted by molar-refractivity contribution is 9.10. The number of rotatable bonds is 6. The first-order valence-electron chi connectivity index (χ1n) is 5.68. The second-order valence-corrected chi connectivity index (χ2v) is 5.43. The fraction of sp³-hybridized carbons (Fsp3) is 0.385. The monoisotopic (exact) mass is 351 g/mol. The molecule has 0 aliphatic carbocycles. The average molecular weight is 353 g/mol. The lowest BCUT2D eigenvalue weighted by Gasteiger charge is -2.18. The van der Waals surface area contributed by atoms with Crippen LogP contribution in [0.3, 0.4) is 0 Å². The molecule has 1 aromatic carbocycles. The summed E-state index contributed by atoms with van der Waals surface area (Å²) in [5.41, 5.74) is 2.41. The minimum atomic E-state index is 0.219. The lowest BCUT2D eigenvalue weighted by molar-refractivity contribution is 0.350. The van der Waals surface area contributed by atoms with Crippen LogP contribution in [0.2, 0.25) is 0 Å². The van der Waals surface area contributed by atoms with Gasteiger partial charge in [0, 0.05) is 21.6 Å². The van der Waals surface area contributed by atoms with Crippen LogP contribution in [0.15, 0.2) is 33.2 Å². The molecule has 0 aliphatic heterocycles. The van der Waals surface area contributed by atoms with Crippen molar-refractivity contribution in [1.29, 1.82) is 0 Å². The Balaban J connectivity index is 2.89. The van der Waals surface area contributed by atoms with E-state index in [0.29, 0.717) is 5.03 Å². The van der Waals surface area contributed by atoms with Crippen molar-refractivity contribution in [2.24, 2.45) is 0 Å². The van der Waals surface area contributed by atoms with Crippen LogP contribution < -0.4 is 10.1 Å². The molecule has 0 amide bonds. The van der Waals surface area contributed by atoms with Crippen LogP contribution in [-0.4, -0.2) is 13.2 Å². The van der Waals surface area contributed by atoms with E-state index in [0.717, 1.165) is 22.3 Å². The Morgan fingerprint density at radius 2 is 2.28 bits per heavy atom. The van der Waals surface area contributed by atoms with E-state index >= 15 is 0 Å². The number of halogens is 3. The first-order valence-corrected chi connectivity index (χ1v) is 7.29. The van der Waals surface area contributed by atoms with Crippen molar-refractivity contribution < 1.29 is 4.74 Å². The summed E-state index contributed by atoms with van der Waals surface area (Å²) in [4.78, 5) is 0. The van der Waals surface area contributed by atoms with Gasteiger partial charge in [0.15, 0.2) is 0 Å². The van der Waals surface area contributed by atoms with Gasteiger partial charge in [0.25, 0.3) is 0 Å². The molecule has 0 aliphatic rings. The molecule has 0 fully saturated rings. The normalized spacial score (nSPS) is 13.5. The highest BCUT2D eigenvalue weighted by Gasteiger charge is 2.11. The molecule has 0 aromatic heterocycles. The first-order chi connectivity index (χ1) is 8.58. The Bertz CT molecular complexity index is 423. The SMILES string of the molecule is CCNC(C)c1ccc(Br)cc1OC/C(Cl)=C/Cl. The van der Waals surface area contributed by atoms with Crippen LogP contribution >= 0.6 is 39.1 Å². The molecule has 5 heteroatoms. The smallest absolute Gasteiger partial charge is 0.125 e. The van der Waals surface area contributed by atoms with Gasteiger partial charge in [-0.15, -0.1) is 0 Å². The van der Waals surface area contributed by atoms with Crippen molar-refractivity contribution in [3.05, 3.63) is 38.8 Å². The van der Waals surface area contributed by atoms with Crippen molar-refractivity contribution in [3.8, 4) is 5.75 Å². The lowest BCUT2D eigenvalue weighted by atomic mass is 10.1. The number of hydrogen-bond acceptors (Lipinski definition) is 2. The topological polar surface area (TPSA) is 21.3 Å². The maximum atomic E-state index is 5.82. The molecule has 1 unspecified atom stereocenters. The van der Waals surface area contributed by atoms with Gasteiger partial charge in [-0.05, 0) is 25.6 Å². The molecule has 2 nitrogen and oxygen atoms in total. The third-order valence-corrected chi connectivity index (χ3v) is 3.52. The fourth-order valence-electron chi connectivity index (χ4n) is 1.59. The van der Waals surface area contributed by atoms with Gasteiger partial charge in [-0.2, -0.15) is 0 Å². The Kier molecular flexibility index (Phi) is 7.08. The van der Waals surface area contributed by atoms with Gasteiger partial charge in [-0.3, -0.25) is 0 Å². The molecule has 0 radical (unpaired) electrons. The standard InChI is InChI=1S/C13H16BrCl2NO/c1-3-17-9(2)12-5-4-10(14)6-13(12)18-8-11(16)7-15/h4-7,9,17H,3,8H2,1-2H3/b11-7-. The minimum Gasteiger partial charge on any atom is -0.488 e. The van der Waals surface area contributed by atoms with Gasteiger partial charge < -0.3 is 10.1 Å². The second-order valence-electron chi connectivity index (χ2n) is 3.81. The summed E-state index contributed by atoms with van der Waals surface area (Å²) in [5, 5.41) is 3.83. The molecule has 1 rings (SSSR count). The summed E-state index contributed by atoms with van der Waals surface area (Å²) in [6, 6.07) is 6.18. The van der Waals surface area contributed by atoms with E-state index < -0.39 is 0 Å². The van der Waals surface area contributed by atoms with Gasteiger partial charge in [0.05, 0.1) is 5.03 Å². The molecule has 1 N–H and O–H groups in total. The first kappa shape index (κ1) is 15.8. The molecular weight excluding hydrogens is 337 g/mol. The van der Waals surface area contributed by atoms with Gasteiger partial charge in [0.1, 0.15) is 12.4 Å². The third-order valence-electron chi connectivity index (χ3n) is 2.44. The van der Waals surface area contributed by atoms with E-state index in [9.17, 15) is 0 Å². The zero-order valence-electron chi connectivity index (χ0n) is 10.3. The van der Waals surface area contributed by atoms with Crippen molar-refractivity contribution >= 4 is 39.1 Å². The molecule has 0 heterocycles. The molecule has 18 heavy (non-hydrogen) atoms. The van der Waals surface area contributed by atoms with Crippen molar-refractivity contribution in [2.45, 2.75) is 19.9 Å². The highest BCUT2D eigenvalue weighted by Crippen LogP contribution is 2.29. The van der Waals surface area contributed by atoms with E-state index in [2.05, 4.69) is 35.1 Å². The summed E-state index contributed by atoms with van der Waals surface area (Å²) < 4.78 is 6.65. The summed E-state index contributed by atoms with van der Waals surface area (Å²) in [6.07, 6.45) is 0. The molecule has 1 aromatic rings. The van der Waals surface area contributed by atoms with Crippen LogP contribution in [0.1, 0.15) is 25.5 Å². The quantitative estimate of drug-likeness (QED) is 0.792. The lowest BCUT2D eigenvalue weighted by Crippen LogP contribution is -2.18. The van der Waals surface area contributed by atoms with E-state index in [-0.39, 0.29) is 12.6 Å². The minimum absolute atomic E-state index is 0.219. The van der Waals surface area contributed by atoms with Crippen molar-refractivity contribution in [1.82, 2.24) is 5.32 Å². The van der Waals surface area contributed by atoms with Crippen molar-refractivity contribution in [3.63, 3.8) is 0 Å². The molecule has 0 saturated heterocycles. The molecular formula is C13H16BrCl2NO. The molecule has 100 valence electrons. The van der Waals surface area contributed by atoms with E-state index in [4.69, 9.17) is 27.9 Å². The maximum Gasteiger partial charge on any atom is 0.125 e. The predicted octanol–water partition coefficient (Wildman–Crippen LogP) is 4.82. The summed E-state index contributed by atoms with van der Waals surface area (Å²) >= 11 is 14.8. The van der Waals surface area contributed by atoms with E-state index in [1.807, 2.05) is 18.2 Å². The van der Waals surface area contributed by atoms with Crippen LogP contribution in [0.4, 0.5) is 0 Å². The van der Waals surface area contributed by atoms with E-state index in [1.165, 1.54) is 5.54 Å². The zero-order chi connectivity index (χ0) is 13.5. The van der Waals surface area contributed by atoms with Crippen LogP contribution in [0, 0.1) is 0 Å². The second kappa shape index (κ2) is 8.05. The Hall–Kier alpha value is -0.220. The number of nitrogens with one attached hydrogen (secondary N) is 1. The molecule has 0 saturated carbocycles. The summed E-state index contributed by atoms with van der Waals surface area (Å²) in [6.45, 7) is 5.34.